The molecule has 0 fully saturated rings. The van der Waals surface area contributed by atoms with Crippen molar-refractivity contribution in [3.8, 4) is 5.69 Å². The molecule has 2 aromatic rings. The number of nitro benzene ring substituents is 1. The topological polar surface area (TPSA) is 99.3 Å². The molecule has 0 saturated carbocycles. The number of rotatable bonds is 6. The lowest BCUT2D eigenvalue weighted by molar-refractivity contribution is -0.384. The fourth-order valence-electron chi connectivity index (χ4n) is 2.03. The fourth-order valence-corrected chi connectivity index (χ4v) is 2.03. The van der Waals surface area contributed by atoms with E-state index in [1.807, 2.05) is 0 Å². The maximum absolute atomic E-state index is 12.1. The van der Waals surface area contributed by atoms with E-state index in [2.05, 4.69) is 10.3 Å². The third-order valence-corrected chi connectivity index (χ3v) is 3.01. The molecule has 2 rings (SSSR count). The molecule has 0 aliphatic carbocycles. The molecule has 0 aliphatic heterocycles. The molecular formula is C14H16N4O4. The van der Waals surface area contributed by atoms with E-state index in [1.54, 1.807) is 13.1 Å². The van der Waals surface area contributed by atoms with E-state index in [4.69, 9.17) is 4.74 Å². The van der Waals surface area contributed by atoms with Crippen molar-refractivity contribution >= 4 is 11.6 Å². The quantitative estimate of drug-likeness (QED) is 0.644. The average molecular weight is 304 g/mol. The molecule has 22 heavy (non-hydrogen) atoms. The van der Waals surface area contributed by atoms with Gasteiger partial charge in [-0.3, -0.25) is 14.9 Å². The highest BCUT2D eigenvalue weighted by molar-refractivity contribution is 5.95. The molecule has 8 heteroatoms. The Kier molecular flexibility index (Phi) is 4.84. The number of hydrogen-bond donors (Lipinski definition) is 1. The third kappa shape index (κ3) is 3.47. The van der Waals surface area contributed by atoms with Gasteiger partial charge in [0.15, 0.2) is 0 Å². The maximum atomic E-state index is 12.1. The number of nitro groups is 1. The second-order valence-electron chi connectivity index (χ2n) is 4.76. The molecule has 0 spiro atoms. The Bertz CT molecular complexity index is 669. The molecule has 1 N–H and O–H groups in total. The van der Waals surface area contributed by atoms with Crippen molar-refractivity contribution in [2.75, 3.05) is 13.7 Å². The van der Waals surface area contributed by atoms with Gasteiger partial charge in [0, 0.05) is 37.2 Å². The number of amides is 1. The van der Waals surface area contributed by atoms with Gasteiger partial charge >= 0.3 is 0 Å². The van der Waals surface area contributed by atoms with Gasteiger partial charge in [0.25, 0.3) is 11.6 Å². The van der Waals surface area contributed by atoms with E-state index in [0.717, 1.165) is 0 Å². The van der Waals surface area contributed by atoms with Crippen LogP contribution >= 0.6 is 0 Å². The number of aromatic nitrogens is 2. The normalized spacial score (nSPS) is 11.9. The van der Waals surface area contributed by atoms with Crippen molar-refractivity contribution in [1.82, 2.24) is 14.9 Å². The van der Waals surface area contributed by atoms with Crippen LogP contribution in [-0.2, 0) is 4.74 Å². The molecule has 1 unspecified atom stereocenters. The lowest BCUT2D eigenvalue weighted by atomic mass is 10.1. The van der Waals surface area contributed by atoms with E-state index in [1.165, 1.54) is 42.4 Å². The van der Waals surface area contributed by atoms with Crippen LogP contribution in [0.5, 0.6) is 0 Å². The molecule has 0 bridgehead atoms. The lowest BCUT2D eigenvalue weighted by Gasteiger charge is -2.13. The summed E-state index contributed by atoms with van der Waals surface area (Å²) in [5, 5.41) is 13.9. The van der Waals surface area contributed by atoms with Gasteiger partial charge in [-0.05, 0) is 19.1 Å². The molecule has 0 saturated heterocycles. The SMILES string of the molecule is COCC(C)NC(=O)c1ccc(-n2ccnc2)c([N+](=O)[O-])c1. The number of imidazole rings is 1. The van der Waals surface area contributed by atoms with Crippen LogP contribution in [0.1, 0.15) is 17.3 Å². The van der Waals surface area contributed by atoms with Crippen molar-refractivity contribution in [2.24, 2.45) is 0 Å². The van der Waals surface area contributed by atoms with Gasteiger partial charge in [-0.1, -0.05) is 0 Å². The number of methoxy groups -OCH3 is 1. The molecule has 0 aliphatic rings. The largest absolute Gasteiger partial charge is 0.383 e. The van der Waals surface area contributed by atoms with Gasteiger partial charge in [-0.2, -0.15) is 0 Å². The van der Waals surface area contributed by atoms with Gasteiger partial charge in [0.1, 0.15) is 5.69 Å². The highest BCUT2D eigenvalue weighted by Crippen LogP contribution is 2.24. The lowest BCUT2D eigenvalue weighted by Crippen LogP contribution is -2.35. The second kappa shape index (κ2) is 6.81. The maximum Gasteiger partial charge on any atom is 0.294 e. The van der Waals surface area contributed by atoms with E-state index in [-0.39, 0.29) is 23.2 Å². The Morgan fingerprint density at radius 3 is 2.91 bits per heavy atom. The smallest absolute Gasteiger partial charge is 0.294 e. The Labute approximate surface area is 126 Å². The minimum atomic E-state index is -0.523. The fraction of sp³-hybridized carbons (Fsp3) is 0.286. The Morgan fingerprint density at radius 1 is 1.55 bits per heavy atom. The monoisotopic (exact) mass is 304 g/mol. The number of carbonyl (C=O) groups excluding carboxylic acids is 1. The number of benzene rings is 1. The third-order valence-electron chi connectivity index (χ3n) is 3.01. The number of carbonyl (C=O) groups is 1. The predicted molar refractivity (Wildman–Crippen MR) is 79.0 cm³/mol. The first kappa shape index (κ1) is 15.6. The van der Waals surface area contributed by atoms with Crippen LogP contribution in [0, 0.1) is 10.1 Å². The minimum absolute atomic E-state index is 0.162. The van der Waals surface area contributed by atoms with Crippen molar-refractivity contribution < 1.29 is 14.5 Å². The molecular weight excluding hydrogens is 288 g/mol. The number of nitrogens with zero attached hydrogens (tertiary/aromatic N) is 3. The Balaban J connectivity index is 2.30. The summed E-state index contributed by atoms with van der Waals surface area (Å²) in [6.45, 7) is 2.15. The summed E-state index contributed by atoms with van der Waals surface area (Å²) in [6, 6.07) is 4.13. The second-order valence-corrected chi connectivity index (χ2v) is 4.76. The zero-order valence-electron chi connectivity index (χ0n) is 12.2. The van der Waals surface area contributed by atoms with Crippen molar-refractivity contribution in [1.29, 1.82) is 0 Å². The van der Waals surface area contributed by atoms with Crippen LogP contribution in [0.15, 0.2) is 36.9 Å². The molecule has 1 heterocycles. The van der Waals surface area contributed by atoms with Gasteiger partial charge in [0.05, 0.1) is 17.9 Å². The van der Waals surface area contributed by atoms with Gasteiger partial charge in [0.2, 0.25) is 0 Å². The standard InChI is InChI=1S/C14H16N4O4/c1-10(8-22-2)16-14(19)11-3-4-12(13(7-11)18(20)21)17-6-5-15-9-17/h3-7,9-10H,8H2,1-2H3,(H,16,19). The van der Waals surface area contributed by atoms with Crippen LogP contribution in [0.3, 0.4) is 0 Å². The van der Waals surface area contributed by atoms with Crippen molar-refractivity contribution in [3.63, 3.8) is 0 Å². The van der Waals surface area contributed by atoms with Gasteiger partial charge in [-0.25, -0.2) is 4.98 Å². The molecule has 1 atom stereocenters. The van der Waals surface area contributed by atoms with Crippen LogP contribution in [0.2, 0.25) is 0 Å². The summed E-state index contributed by atoms with van der Waals surface area (Å²) < 4.78 is 6.46. The number of hydrogen-bond acceptors (Lipinski definition) is 5. The summed E-state index contributed by atoms with van der Waals surface area (Å²) in [7, 11) is 1.54. The number of nitrogens with one attached hydrogen (secondary N) is 1. The zero-order chi connectivity index (χ0) is 16.1. The van der Waals surface area contributed by atoms with Crippen LogP contribution in [0.4, 0.5) is 5.69 Å². The highest BCUT2D eigenvalue weighted by Gasteiger charge is 2.19. The van der Waals surface area contributed by atoms with Gasteiger partial charge < -0.3 is 14.6 Å². The first-order valence-corrected chi connectivity index (χ1v) is 6.59. The van der Waals surface area contributed by atoms with Crippen LogP contribution < -0.4 is 5.32 Å². The highest BCUT2D eigenvalue weighted by atomic mass is 16.6. The van der Waals surface area contributed by atoms with Crippen LogP contribution in [-0.4, -0.2) is 40.1 Å². The first-order chi connectivity index (χ1) is 10.5. The van der Waals surface area contributed by atoms with E-state index in [9.17, 15) is 14.9 Å². The summed E-state index contributed by atoms with van der Waals surface area (Å²) in [5.74, 6) is -0.384. The van der Waals surface area contributed by atoms with Gasteiger partial charge in [-0.15, -0.1) is 0 Å². The first-order valence-electron chi connectivity index (χ1n) is 6.59. The molecule has 0 radical (unpaired) electrons. The van der Waals surface area contributed by atoms with E-state index < -0.39 is 4.92 Å². The van der Waals surface area contributed by atoms with E-state index in [0.29, 0.717) is 12.3 Å². The minimum Gasteiger partial charge on any atom is -0.383 e. The average Bonchev–Trinajstić information content (AvgIpc) is 3.00. The summed E-state index contributed by atoms with van der Waals surface area (Å²) in [5.41, 5.74) is 0.410. The van der Waals surface area contributed by atoms with Crippen LogP contribution in [0.25, 0.3) is 5.69 Å². The Morgan fingerprint density at radius 2 is 2.32 bits per heavy atom. The zero-order valence-corrected chi connectivity index (χ0v) is 12.2. The van der Waals surface area contributed by atoms with Crippen molar-refractivity contribution in [2.45, 2.75) is 13.0 Å². The Hall–Kier alpha value is -2.74. The molecule has 1 amide bonds. The molecule has 116 valence electrons. The summed E-state index contributed by atoms with van der Waals surface area (Å²) in [6.07, 6.45) is 4.59. The predicted octanol–water partition coefficient (Wildman–Crippen LogP) is 1.55. The molecule has 1 aromatic heterocycles. The van der Waals surface area contributed by atoms with E-state index >= 15 is 0 Å². The summed E-state index contributed by atoms with van der Waals surface area (Å²) in [4.78, 5) is 26.7. The summed E-state index contributed by atoms with van der Waals surface area (Å²) >= 11 is 0. The number of ether oxygens (including phenoxy) is 1. The molecule has 8 nitrogen and oxygen atoms in total. The van der Waals surface area contributed by atoms with Crippen molar-refractivity contribution in [3.05, 3.63) is 52.6 Å². The molecule has 1 aromatic carbocycles.